The van der Waals surface area contributed by atoms with Crippen molar-refractivity contribution in [1.82, 2.24) is 16.0 Å². The van der Waals surface area contributed by atoms with E-state index in [0.29, 0.717) is 0 Å². The van der Waals surface area contributed by atoms with Crippen LogP contribution in [0, 0.1) is 0 Å². The van der Waals surface area contributed by atoms with Crippen LogP contribution < -0.4 is 16.0 Å². The van der Waals surface area contributed by atoms with Crippen LogP contribution in [0.4, 0.5) is 0 Å². The second kappa shape index (κ2) is 11.8. The fourth-order valence-electron chi connectivity index (χ4n) is 3.11. The van der Waals surface area contributed by atoms with Crippen molar-refractivity contribution in [2.24, 2.45) is 0 Å². The fraction of sp³-hybridized carbons (Fsp3) is 0.455. The minimum absolute atomic E-state index is 0.0392. The van der Waals surface area contributed by atoms with Gasteiger partial charge in [-0.05, 0) is 44.5 Å². The second-order valence-corrected chi connectivity index (χ2v) is 6.82. The lowest BCUT2D eigenvalue weighted by atomic mass is 10.0. The van der Waals surface area contributed by atoms with Crippen molar-refractivity contribution in [3.05, 3.63) is 71.8 Å². The number of nitrogens with one attached hydrogen (secondary N) is 3. The molecule has 26 heavy (non-hydrogen) atoms. The van der Waals surface area contributed by atoms with Gasteiger partial charge in [0.25, 0.3) is 0 Å². The normalized spacial score (nSPS) is 14.7. The molecular formula is C22H33N3O. The summed E-state index contributed by atoms with van der Waals surface area (Å²) in [6, 6.07) is 21.4. The molecule has 4 N–H and O–H groups in total. The highest BCUT2D eigenvalue weighted by atomic mass is 16.3. The maximum absolute atomic E-state index is 9.94. The third-order valence-corrected chi connectivity index (χ3v) is 4.67. The van der Waals surface area contributed by atoms with Gasteiger partial charge in [0.1, 0.15) is 0 Å². The van der Waals surface area contributed by atoms with Gasteiger partial charge in [0.05, 0.1) is 6.10 Å². The van der Waals surface area contributed by atoms with Crippen molar-refractivity contribution in [3.63, 3.8) is 0 Å². The zero-order chi connectivity index (χ0) is 18.6. The molecule has 4 heteroatoms. The smallest absolute Gasteiger partial charge is 0.0677 e. The van der Waals surface area contributed by atoms with Crippen LogP contribution in [0.3, 0.4) is 0 Å². The van der Waals surface area contributed by atoms with Crippen LogP contribution in [-0.2, 0) is 6.42 Å². The van der Waals surface area contributed by atoms with Gasteiger partial charge in [-0.15, -0.1) is 0 Å². The summed E-state index contributed by atoms with van der Waals surface area (Å²) in [4.78, 5) is 0. The Kier molecular flexibility index (Phi) is 9.35. The Morgan fingerprint density at radius 1 is 0.885 bits per heavy atom. The summed E-state index contributed by atoms with van der Waals surface area (Å²) in [5.74, 6) is 0. The van der Waals surface area contributed by atoms with Crippen LogP contribution in [-0.4, -0.2) is 43.9 Å². The van der Waals surface area contributed by atoms with Crippen molar-refractivity contribution >= 4 is 0 Å². The van der Waals surface area contributed by atoms with E-state index >= 15 is 0 Å². The monoisotopic (exact) mass is 355 g/mol. The second-order valence-electron chi connectivity index (χ2n) is 6.82. The quantitative estimate of drug-likeness (QED) is 0.442. The maximum atomic E-state index is 9.94. The standard InChI is InChI=1S/C22H33N3O/c1-18(26)21(16-23-2)25-17-22(20-13-7-4-8-14-20)24-15-9-12-19-10-5-3-6-11-19/h3-8,10-11,13-14,18,21-26H,9,12,15-17H2,1-2H3/t18-,21-,22+/m0/s1. The molecule has 2 aromatic rings. The summed E-state index contributed by atoms with van der Waals surface area (Å²) in [5, 5.41) is 20.3. The van der Waals surface area contributed by atoms with E-state index < -0.39 is 6.10 Å². The first-order valence-electron chi connectivity index (χ1n) is 9.59. The molecule has 0 unspecified atom stereocenters. The third-order valence-electron chi connectivity index (χ3n) is 4.67. The highest BCUT2D eigenvalue weighted by Crippen LogP contribution is 2.12. The molecule has 0 fully saturated rings. The molecule has 3 atom stereocenters. The number of likely N-dealkylation sites (N-methyl/N-ethyl adjacent to an activating group) is 1. The molecule has 4 nitrogen and oxygen atoms in total. The minimum Gasteiger partial charge on any atom is -0.392 e. The Morgan fingerprint density at radius 2 is 1.54 bits per heavy atom. The molecule has 0 amide bonds. The number of hydrogen-bond donors (Lipinski definition) is 4. The van der Waals surface area contributed by atoms with Crippen LogP contribution in [0.25, 0.3) is 0 Å². The molecule has 0 saturated carbocycles. The zero-order valence-electron chi connectivity index (χ0n) is 16.0. The first-order chi connectivity index (χ1) is 12.7. The molecular weight excluding hydrogens is 322 g/mol. The molecule has 142 valence electrons. The molecule has 0 heterocycles. The summed E-state index contributed by atoms with van der Waals surface area (Å²) in [5.41, 5.74) is 2.65. The maximum Gasteiger partial charge on any atom is 0.0677 e. The van der Waals surface area contributed by atoms with Crippen molar-refractivity contribution in [3.8, 4) is 0 Å². The number of hydrogen-bond acceptors (Lipinski definition) is 4. The molecule has 0 aliphatic heterocycles. The van der Waals surface area contributed by atoms with Gasteiger partial charge >= 0.3 is 0 Å². The summed E-state index contributed by atoms with van der Waals surface area (Å²) >= 11 is 0. The summed E-state index contributed by atoms with van der Waals surface area (Å²) in [6.07, 6.45) is 1.79. The third kappa shape index (κ3) is 7.26. The first-order valence-corrected chi connectivity index (χ1v) is 9.59. The Labute approximate surface area is 158 Å². The lowest BCUT2D eigenvalue weighted by Gasteiger charge is -2.26. The van der Waals surface area contributed by atoms with E-state index in [2.05, 4.69) is 70.5 Å². The van der Waals surface area contributed by atoms with Crippen LogP contribution in [0.2, 0.25) is 0 Å². The number of aliphatic hydroxyl groups is 1. The fourth-order valence-corrected chi connectivity index (χ4v) is 3.11. The Morgan fingerprint density at radius 3 is 2.15 bits per heavy atom. The molecule has 0 aromatic heterocycles. The van der Waals surface area contributed by atoms with Crippen molar-refractivity contribution < 1.29 is 5.11 Å². The highest BCUT2D eigenvalue weighted by molar-refractivity contribution is 5.19. The zero-order valence-corrected chi connectivity index (χ0v) is 16.0. The van der Waals surface area contributed by atoms with E-state index in [4.69, 9.17) is 0 Å². The number of rotatable bonds is 12. The van der Waals surface area contributed by atoms with E-state index in [-0.39, 0.29) is 12.1 Å². The minimum atomic E-state index is -0.392. The van der Waals surface area contributed by atoms with Crippen LogP contribution >= 0.6 is 0 Å². The Balaban J connectivity index is 1.87. The molecule has 2 rings (SSSR count). The first kappa shape index (κ1) is 20.6. The van der Waals surface area contributed by atoms with Crippen LogP contribution in [0.5, 0.6) is 0 Å². The van der Waals surface area contributed by atoms with Gasteiger partial charge in [0.15, 0.2) is 0 Å². The average molecular weight is 356 g/mol. The van der Waals surface area contributed by atoms with E-state index in [0.717, 1.165) is 32.5 Å². The summed E-state index contributed by atoms with van der Waals surface area (Å²) in [6.45, 7) is 4.32. The molecule has 0 radical (unpaired) electrons. The summed E-state index contributed by atoms with van der Waals surface area (Å²) < 4.78 is 0. The van der Waals surface area contributed by atoms with E-state index in [1.165, 1.54) is 11.1 Å². The number of benzene rings is 2. The summed E-state index contributed by atoms with van der Waals surface area (Å²) in [7, 11) is 1.91. The largest absolute Gasteiger partial charge is 0.392 e. The molecule has 0 saturated heterocycles. The van der Waals surface area contributed by atoms with Crippen LogP contribution in [0.15, 0.2) is 60.7 Å². The highest BCUT2D eigenvalue weighted by Gasteiger charge is 2.17. The van der Waals surface area contributed by atoms with Crippen molar-refractivity contribution in [1.29, 1.82) is 0 Å². The average Bonchev–Trinajstić information content (AvgIpc) is 2.67. The van der Waals surface area contributed by atoms with Gasteiger partial charge < -0.3 is 21.1 Å². The van der Waals surface area contributed by atoms with Gasteiger partial charge in [-0.3, -0.25) is 0 Å². The topological polar surface area (TPSA) is 56.3 Å². The van der Waals surface area contributed by atoms with Gasteiger partial charge in [-0.2, -0.15) is 0 Å². The van der Waals surface area contributed by atoms with Gasteiger partial charge in [0.2, 0.25) is 0 Å². The predicted molar refractivity (Wildman–Crippen MR) is 109 cm³/mol. The van der Waals surface area contributed by atoms with E-state index in [1.807, 2.05) is 20.0 Å². The molecule has 2 aromatic carbocycles. The van der Waals surface area contributed by atoms with E-state index in [9.17, 15) is 5.11 Å². The number of aryl methyl sites for hydroxylation is 1. The molecule has 0 spiro atoms. The van der Waals surface area contributed by atoms with Gasteiger partial charge in [0, 0.05) is 25.2 Å². The Bertz CT molecular complexity index is 589. The van der Waals surface area contributed by atoms with Gasteiger partial charge in [-0.1, -0.05) is 60.7 Å². The van der Waals surface area contributed by atoms with Crippen LogP contribution in [0.1, 0.15) is 30.5 Å². The van der Waals surface area contributed by atoms with Crippen molar-refractivity contribution in [2.45, 2.75) is 38.0 Å². The SMILES string of the molecule is CNC[C@H](NC[C@@H](NCCCc1ccccc1)c1ccccc1)[C@H](C)O. The lowest BCUT2D eigenvalue weighted by molar-refractivity contribution is 0.143. The Hall–Kier alpha value is -1.72. The van der Waals surface area contributed by atoms with E-state index in [1.54, 1.807) is 0 Å². The molecule has 0 aliphatic carbocycles. The predicted octanol–water partition coefficient (Wildman–Crippen LogP) is 2.51. The lowest BCUT2D eigenvalue weighted by Crippen LogP contribution is -2.47. The van der Waals surface area contributed by atoms with Gasteiger partial charge in [-0.25, -0.2) is 0 Å². The molecule has 0 bridgehead atoms. The number of aliphatic hydroxyl groups excluding tert-OH is 1. The van der Waals surface area contributed by atoms with Crippen molar-refractivity contribution in [2.75, 3.05) is 26.7 Å². The molecule has 0 aliphatic rings.